The van der Waals surface area contributed by atoms with Gasteiger partial charge in [0.25, 0.3) is 5.91 Å². The number of anilines is 1. The number of carbonyl (C=O) groups excluding carboxylic acids is 1. The highest BCUT2D eigenvalue weighted by atomic mass is 35.5. The summed E-state index contributed by atoms with van der Waals surface area (Å²) in [4.78, 5) is 12.4. The minimum atomic E-state index is -0.281. The molecule has 116 valence electrons. The van der Waals surface area contributed by atoms with Crippen molar-refractivity contribution in [3.05, 3.63) is 76.5 Å². The maximum atomic E-state index is 12.4. The van der Waals surface area contributed by atoms with Crippen LogP contribution in [0, 0.1) is 13.8 Å². The molecule has 4 heteroatoms. The van der Waals surface area contributed by atoms with E-state index in [0.29, 0.717) is 10.8 Å². The molecule has 0 aliphatic rings. The van der Waals surface area contributed by atoms with E-state index in [2.05, 4.69) is 5.32 Å². The van der Waals surface area contributed by atoms with Gasteiger partial charge in [0.05, 0.1) is 5.02 Å². The lowest BCUT2D eigenvalue weighted by molar-refractivity contribution is 0.0997. The molecule has 0 spiro atoms. The molecule has 3 rings (SSSR count). The summed E-state index contributed by atoms with van der Waals surface area (Å²) in [6.45, 7) is 3.98. The maximum Gasteiger partial charge on any atom is 0.291 e. The number of nitrogens with one attached hydrogen (secondary N) is 1. The first kappa shape index (κ1) is 15.4. The van der Waals surface area contributed by atoms with Crippen LogP contribution in [0.4, 0.5) is 5.69 Å². The Labute approximate surface area is 139 Å². The molecular weight excluding hydrogens is 310 g/mol. The summed E-state index contributed by atoms with van der Waals surface area (Å²) in [5.41, 5.74) is 3.71. The van der Waals surface area contributed by atoms with Gasteiger partial charge in [-0.25, -0.2) is 0 Å². The Morgan fingerprint density at radius 1 is 1.00 bits per heavy atom. The van der Waals surface area contributed by atoms with E-state index in [0.717, 1.165) is 22.4 Å². The lowest BCUT2D eigenvalue weighted by atomic mass is 10.1. The monoisotopic (exact) mass is 325 g/mol. The van der Waals surface area contributed by atoms with E-state index in [4.69, 9.17) is 16.0 Å². The Hall–Kier alpha value is -2.52. The van der Waals surface area contributed by atoms with E-state index in [9.17, 15) is 4.79 Å². The van der Waals surface area contributed by atoms with Crippen LogP contribution < -0.4 is 5.32 Å². The van der Waals surface area contributed by atoms with E-state index < -0.39 is 0 Å². The van der Waals surface area contributed by atoms with Gasteiger partial charge in [0, 0.05) is 11.3 Å². The SMILES string of the molecule is Cc1cccc(NC(=O)c2ccc(-c3ccccc3Cl)o2)c1C. The first-order valence-corrected chi connectivity index (χ1v) is 7.66. The van der Waals surface area contributed by atoms with Crippen molar-refractivity contribution in [3.63, 3.8) is 0 Å². The Bertz CT molecular complexity index is 867. The largest absolute Gasteiger partial charge is 0.451 e. The average molecular weight is 326 g/mol. The van der Waals surface area contributed by atoms with Crippen molar-refractivity contribution in [1.29, 1.82) is 0 Å². The molecule has 0 saturated carbocycles. The third-order valence-electron chi connectivity index (χ3n) is 3.82. The molecule has 0 aliphatic carbocycles. The highest BCUT2D eigenvalue weighted by molar-refractivity contribution is 6.33. The van der Waals surface area contributed by atoms with Gasteiger partial charge in [0.15, 0.2) is 5.76 Å². The molecule has 1 aromatic heterocycles. The zero-order valence-corrected chi connectivity index (χ0v) is 13.6. The van der Waals surface area contributed by atoms with E-state index in [-0.39, 0.29) is 11.7 Å². The summed E-state index contributed by atoms with van der Waals surface area (Å²) in [7, 11) is 0. The zero-order chi connectivity index (χ0) is 16.4. The van der Waals surface area contributed by atoms with Crippen LogP contribution in [0.1, 0.15) is 21.7 Å². The number of amides is 1. The number of hydrogen-bond acceptors (Lipinski definition) is 2. The highest BCUT2D eigenvalue weighted by Gasteiger charge is 2.15. The first-order chi connectivity index (χ1) is 11.1. The molecular formula is C19H16ClNO2. The van der Waals surface area contributed by atoms with Crippen molar-refractivity contribution >= 4 is 23.2 Å². The normalized spacial score (nSPS) is 10.6. The lowest BCUT2D eigenvalue weighted by Crippen LogP contribution is -2.12. The van der Waals surface area contributed by atoms with Crippen LogP contribution in [0.25, 0.3) is 11.3 Å². The molecule has 1 heterocycles. The van der Waals surface area contributed by atoms with Crippen LogP contribution in [-0.4, -0.2) is 5.91 Å². The molecule has 0 aliphatic heterocycles. The van der Waals surface area contributed by atoms with Gasteiger partial charge in [-0.3, -0.25) is 4.79 Å². The van der Waals surface area contributed by atoms with Gasteiger partial charge < -0.3 is 9.73 Å². The Morgan fingerprint density at radius 2 is 1.78 bits per heavy atom. The van der Waals surface area contributed by atoms with E-state index >= 15 is 0 Å². The Kier molecular flexibility index (Phi) is 4.22. The van der Waals surface area contributed by atoms with Crippen molar-refractivity contribution in [2.24, 2.45) is 0 Å². The minimum absolute atomic E-state index is 0.251. The van der Waals surface area contributed by atoms with Gasteiger partial charge in [-0.05, 0) is 55.3 Å². The van der Waals surface area contributed by atoms with E-state index in [1.165, 1.54) is 0 Å². The molecule has 0 unspecified atom stereocenters. The number of halogens is 1. The number of aryl methyl sites for hydroxylation is 1. The highest BCUT2D eigenvalue weighted by Crippen LogP contribution is 2.29. The zero-order valence-electron chi connectivity index (χ0n) is 12.9. The van der Waals surface area contributed by atoms with Gasteiger partial charge in [0.2, 0.25) is 0 Å². The summed E-state index contributed by atoms with van der Waals surface area (Å²) in [6, 6.07) is 16.6. The average Bonchev–Trinajstić information content (AvgIpc) is 3.02. The summed E-state index contributed by atoms with van der Waals surface area (Å²) < 4.78 is 5.66. The topological polar surface area (TPSA) is 42.2 Å². The van der Waals surface area contributed by atoms with Gasteiger partial charge in [-0.15, -0.1) is 0 Å². The van der Waals surface area contributed by atoms with Crippen LogP contribution in [-0.2, 0) is 0 Å². The fourth-order valence-electron chi connectivity index (χ4n) is 2.34. The van der Waals surface area contributed by atoms with Crippen LogP contribution in [0.5, 0.6) is 0 Å². The third kappa shape index (κ3) is 3.15. The van der Waals surface area contributed by atoms with Crippen LogP contribution >= 0.6 is 11.6 Å². The van der Waals surface area contributed by atoms with Gasteiger partial charge >= 0.3 is 0 Å². The number of rotatable bonds is 3. The second kappa shape index (κ2) is 6.31. The lowest BCUT2D eigenvalue weighted by Gasteiger charge is -2.09. The van der Waals surface area contributed by atoms with Crippen molar-refractivity contribution in [1.82, 2.24) is 0 Å². The maximum absolute atomic E-state index is 12.4. The molecule has 0 bridgehead atoms. The Balaban J connectivity index is 1.84. The molecule has 2 aromatic carbocycles. The fraction of sp³-hybridized carbons (Fsp3) is 0.105. The second-order valence-corrected chi connectivity index (χ2v) is 5.75. The van der Waals surface area contributed by atoms with Crippen molar-refractivity contribution in [2.75, 3.05) is 5.32 Å². The first-order valence-electron chi connectivity index (χ1n) is 7.28. The standard InChI is InChI=1S/C19H16ClNO2/c1-12-6-5-9-16(13(12)2)21-19(22)18-11-10-17(23-18)14-7-3-4-8-15(14)20/h3-11H,1-2H3,(H,21,22). The third-order valence-corrected chi connectivity index (χ3v) is 4.15. The van der Waals surface area contributed by atoms with Crippen LogP contribution in [0.2, 0.25) is 5.02 Å². The van der Waals surface area contributed by atoms with Crippen LogP contribution in [0.3, 0.4) is 0 Å². The van der Waals surface area contributed by atoms with Gasteiger partial charge in [0.1, 0.15) is 5.76 Å². The minimum Gasteiger partial charge on any atom is -0.451 e. The number of furan rings is 1. The predicted octanol–water partition coefficient (Wildman–Crippen LogP) is 5.47. The van der Waals surface area contributed by atoms with Crippen molar-refractivity contribution < 1.29 is 9.21 Å². The quantitative estimate of drug-likeness (QED) is 0.693. The molecule has 0 fully saturated rings. The molecule has 1 amide bonds. The molecule has 0 saturated heterocycles. The van der Waals surface area contributed by atoms with E-state index in [1.54, 1.807) is 18.2 Å². The van der Waals surface area contributed by atoms with E-state index in [1.807, 2.05) is 50.2 Å². The smallest absolute Gasteiger partial charge is 0.291 e. The molecule has 0 radical (unpaired) electrons. The molecule has 3 nitrogen and oxygen atoms in total. The Morgan fingerprint density at radius 3 is 2.57 bits per heavy atom. The number of hydrogen-bond donors (Lipinski definition) is 1. The molecule has 1 N–H and O–H groups in total. The van der Waals surface area contributed by atoms with Crippen LogP contribution in [0.15, 0.2) is 59.0 Å². The van der Waals surface area contributed by atoms with Gasteiger partial charge in [-0.1, -0.05) is 35.9 Å². The molecule has 0 atom stereocenters. The summed E-state index contributed by atoms with van der Waals surface area (Å²) >= 11 is 6.16. The van der Waals surface area contributed by atoms with Crippen molar-refractivity contribution in [3.8, 4) is 11.3 Å². The van der Waals surface area contributed by atoms with Crippen molar-refractivity contribution in [2.45, 2.75) is 13.8 Å². The molecule has 3 aromatic rings. The number of benzene rings is 2. The summed E-state index contributed by atoms with van der Waals surface area (Å²) in [6.07, 6.45) is 0. The predicted molar refractivity (Wildman–Crippen MR) is 93.0 cm³/mol. The fourth-order valence-corrected chi connectivity index (χ4v) is 2.56. The van der Waals surface area contributed by atoms with Gasteiger partial charge in [-0.2, -0.15) is 0 Å². The second-order valence-electron chi connectivity index (χ2n) is 5.35. The summed E-state index contributed by atoms with van der Waals surface area (Å²) in [5, 5.41) is 3.47. The summed E-state index contributed by atoms with van der Waals surface area (Å²) in [5.74, 6) is 0.541. The number of carbonyl (C=O) groups is 1. The molecule has 23 heavy (non-hydrogen) atoms.